The minimum absolute atomic E-state index is 0.227. The highest BCUT2D eigenvalue weighted by Gasteiger charge is 1.97. The Bertz CT molecular complexity index is 474. The molecule has 0 amide bonds. The quantitative estimate of drug-likeness (QED) is 0.498. The Hall–Kier alpha value is -1.88. The molecule has 2 rings (SSSR count). The second kappa shape index (κ2) is 4.76. The molecule has 0 aliphatic carbocycles. The normalized spacial score (nSPS) is 11.7. The van der Waals surface area contributed by atoms with Gasteiger partial charge in [-0.1, -0.05) is 0 Å². The molecule has 6 heteroatoms. The number of alkyl halides is 1. The molecule has 0 saturated carbocycles. The predicted octanol–water partition coefficient (Wildman–Crippen LogP) is 1.49. The number of benzene rings is 1. The lowest BCUT2D eigenvalue weighted by atomic mass is 10.3. The van der Waals surface area contributed by atoms with E-state index in [-0.39, 0.29) is 5.88 Å². The molecule has 16 heavy (non-hydrogen) atoms. The number of amidine groups is 1. The van der Waals surface area contributed by atoms with Gasteiger partial charge in [0.2, 0.25) is 0 Å². The van der Waals surface area contributed by atoms with Gasteiger partial charge in [-0.05, 0) is 24.3 Å². The number of nitrogens with zero attached hydrogens (tertiary/aromatic N) is 4. The van der Waals surface area contributed by atoms with Gasteiger partial charge in [0.25, 0.3) is 0 Å². The summed E-state index contributed by atoms with van der Waals surface area (Å²) in [6, 6.07) is 7.46. The summed E-state index contributed by atoms with van der Waals surface area (Å²) in [5.41, 5.74) is 7.21. The van der Waals surface area contributed by atoms with Crippen LogP contribution in [0.5, 0.6) is 0 Å². The van der Waals surface area contributed by atoms with Gasteiger partial charge in [0.1, 0.15) is 18.5 Å². The summed E-state index contributed by atoms with van der Waals surface area (Å²) in [4.78, 5) is 7.99. The van der Waals surface area contributed by atoms with Crippen LogP contribution in [0.3, 0.4) is 0 Å². The van der Waals surface area contributed by atoms with Crippen LogP contribution in [-0.4, -0.2) is 26.5 Å². The molecule has 82 valence electrons. The Balaban J connectivity index is 2.23. The van der Waals surface area contributed by atoms with Gasteiger partial charge in [0, 0.05) is 0 Å². The largest absolute Gasteiger partial charge is 0.386 e. The molecular formula is C10H10ClN5. The fraction of sp³-hybridized carbons (Fsp3) is 0.100. The lowest BCUT2D eigenvalue weighted by Crippen LogP contribution is -2.12. The number of nitrogens with two attached hydrogens (primary N) is 1. The molecule has 5 nitrogen and oxygen atoms in total. The van der Waals surface area contributed by atoms with Crippen molar-refractivity contribution < 1.29 is 0 Å². The molecule has 0 spiro atoms. The molecule has 0 fully saturated rings. The third-order valence-electron chi connectivity index (χ3n) is 1.94. The van der Waals surface area contributed by atoms with Crippen molar-refractivity contribution in [1.82, 2.24) is 14.8 Å². The van der Waals surface area contributed by atoms with Crippen LogP contribution in [0.4, 0.5) is 5.69 Å². The fourth-order valence-electron chi connectivity index (χ4n) is 1.22. The summed E-state index contributed by atoms with van der Waals surface area (Å²) in [6.45, 7) is 0. The Morgan fingerprint density at radius 2 is 2.12 bits per heavy atom. The number of rotatable bonds is 3. The first-order chi connectivity index (χ1) is 7.79. The average Bonchev–Trinajstić information content (AvgIpc) is 2.83. The highest BCUT2D eigenvalue weighted by molar-refractivity contribution is 6.28. The van der Waals surface area contributed by atoms with E-state index in [0.717, 1.165) is 11.4 Å². The molecule has 0 aliphatic rings. The van der Waals surface area contributed by atoms with E-state index in [1.807, 2.05) is 24.3 Å². The van der Waals surface area contributed by atoms with Crippen molar-refractivity contribution in [3.8, 4) is 5.69 Å². The molecule has 1 heterocycles. The predicted molar refractivity (Wildman–Crippen MR) is 63.4 cm³/mol. The fourth-order valence-corrected chi connectivity index (χ4v) is 1.28. The number of hydrogen-bond donors (Lipinski definition) is 1. The first-order valence-corrected chi connectivity index (χ1v) is 5.17. The lowest BCUT2D eigenvalue weighted by molar-refractivity contribution is 0.879. The molecule has 0 aliphatic heterocycles. The van der Waals surface area contributed by atoms with Gasteiger partial charge in [-0.25, -0.2) is 14.7 Å². The van der Waals surface area contributed by atoms with Gasteiger partial charge in [-0.3, -0.25) is 0 Å². The van der Waals surface area contributed by atoms with E-state index in [0.29, 0.717) is 5.84 Å². The van der Waals surface area contributed by atoms with Crippen molar-refractivity contribution in [2.24, 2.45) is 10.7 Å². The van der Waals surface area contributed by atoms with Crippen molar-refractivity contribution in [3.05, 3.63) is 36.9 Å². The maximum atomic E-state index is 5.54. The van der Waals surface area contributed by atoms with Gasteiger partial charge in [-0.15, -0.1) is 11.6 Å². The van der Waals surface area contributed by atoms with E-state index in [1.165, 1.54) is 6.33 Å². The summed E-state index contributed by atoms with van der Waals surface area (Å²) in [7, 11) is 0. The van der Waals surface area contributed by atoms with Crippen LogP contribution in [0.2, 0.25) is 0 Å². The number of aromatic nitrogens is 3. The number of aliphatic imine (C=N–C) groups is 1. The van der Waals surface area contributed by atoms with Crippen LogP contribution in [0, 0.1) is 0 Å². The molecular weight excluding hydrogens is 226 g/mol. The molecule has 1 aromatic heterocycles. The highest BCUT2D eigenvalue weighted by Crippen LogP contribution is 2.14. The molecule has 0 unspecified atom stereocenters. The minimum atomic E-state index is 0.227. The van der Waals surface area contributed by atoms with Crippen LogP contribution in [0.25, 0.3) is 5.69 Å². The first kappa shape index (κ1) is 10.6. The van der Waals surface area contributed by atoms with E-state index in [4.69, 9.17) is 17.3 Å². The van der Waals surface area contributed by atoms with Crippen LogP contribution in [-0.2, 0) is 0 Å². The zero-order chi connectivity index (χ0) is 11.4. The van der Waals surface area contributed by atoms with Crippen LogP contribution in [0.15, 0.2) is 41.9 Å². The van der Waals surface area contributed by atoms with Gasteiger partial charge < -0.3 is 5.73 Å². The number of halogens is 1. The van der Waals surface area contributed by atoms with Gasteiger partial charge in [0.05, 0.1) is 17.3 Å². The van der Waals surface area contributed by atoms with E-state index in [1.54, 1.807) is 11.0 Å². The van der Waals surface area contributed by atoms with Crippen molar-refractivity contribution >= 4 is 23.1 Å². The Kier molecular flexibility index (Phi) is 3.16. The minimum Gasteiger partial charge on any atom is -0.386 e. The average molecular weight is 236 g/mol. The lowest BCUT2D eigenvalue weighted by Gasteiger charge is -2.00. The SMILES string of the molecule is NC(CCl)=Nc1ccc(-n2cncn2)cc1. The van der Waals surface area contributed by atoms with E-state index in [2.05, 4.69) is 15.1 Å². The highest BCUT2D eigenvalue weighted by atomic mass is 35.5. The maximum absolute atomic E-state index is 5.54. The van der Waals surface area contributed by atoms with Crippen molar-refractivity contribution in [1.29, 1.82) is 0 Å². The van der Waals surface area contributed by atoms with Crippen LogP contribution < -0.4 is 5.73 Å². The summed E-state index contributed by atoms with van der Waals surface area (Å²) in [5.74, 6) is 0.625. The molecule has 2 N–H and O–H groups in total. The maximum Gasteiger partial charge on any atom is 0.138 e. The first-order valence-electron chi connectivity index (χ1n) is 4.63. The number of hydrogen-bond acceptors (Lipinski definition) is 3. The Morgan fingerprint density at radius 3 is 2.69 bits per heavy atom. The second-order valence-corrected chi connectivity index (χ2v) is 3.36. The van der Waals surface area contributed by atoms with Crippen molar-refractivity contribution in [2.75, 3.05) is 5.88 Å². The standard InChI is InChI=1S/C10H10ClN5/c11-5-10(12)15-8-1-3-9(4-2-8)16-7-13-6-14-16/h1-4,6-7H,5H2,(H2,12,15). The topological polar surface area (TPSA) is 69.1 Å². The van der Waals surface area contributed by atoms with E-state index >= 15 is 0 Å². The summed E-state index contributed by atoms with van der Waals surface area (Å²) in [5, 5.41) is 4.02. The van der Waals surface area contributed by atoms with Gasteiger partial charge in [0.15, 0.2) is 0 Å². The van der Waals surface area contributed by atoms with Crippen LogP contribution >= 0.6 is 11.6 Å². The molecule has 0 bridgehead atoms. The van der Waals surface area contributed by atoms with E-state index < -0.39 is 0 Å². The molecule has 0 atom stereocenters. The van der Waals surface area contributed by atoms with Crippen molar-refractivity contribution in [2.45, 2.75) is 0 Å². The summed E-state index contributed by atoms with van der Waals surface area (Å²) >= 11 is 5.54. The monoisotopic (exact) mass is 235 g/mol. The molecule has 0 saturated heterocycles. The third-order valence-corrected chi connectivity index (χ3v) is 2.22. The smallest absolute Gasteiger partial charge is 0.138 e. The Labute approximate surface area is 97.6 Å². The van der Waals surface area contributed by atoms with Gasteiger partial charge >= 0.3 is 0 Å². The molecule has 2 aromatic rings. The van der Waals surface area contributed by atoms with Gasteiger partial charge in [-0.2, -0.15) is 5.10 Å². The molecule has 1 aromatic carbocycles. The second-order valence-electron chi connectivity index (χ2n) is 3.09. The van der Waals surface area contributed by atoms with Crippen LogP contribution in [0.1, 0.15) is 0 Å². The third kappa shape index (κ3) is 2.38. The Morgan fingerprint density at radius 1 is 1.38 bits per heavy atom. The summed E-state index contributed by atoms with van der Waals surface area (Å²) in [6.07, 6.45) is 3.11. The van der Waals surface area contributed by atoms with Crippen molar-refractivity contribution in [3.63, 3.8) is 0 Å². The molecule has 0 radical (unpaired) electrons. The zero-order valence-electron chi connectivity index (χ0n) is 8.42. The summed E-state index contributed by atoms with van der Waals surface area (Å²) < 4.78 is 1.67. The van der Waals surface area contributed by atoms with E-state index in [9.17, 15) is 0 Å². The zero-order valence-corrected chi connectivity index (χ0v) is 9.17.